The van der Waals surface area contributed by atoms with Gasteiger partial charge in [0.1, 0.15) is 5.60 Å². The van der Waals surface area contributed by atoms with Crippen LogP contribution in [0.25, 0.3) is 0 Å². The van der Waals surface area contributed by atoms with Crippen LogP contribution >= 0.6 is 27.3 Å². The lowest BCUT2D eigenvalue weighted by atomic mass is 10.2. The average Bonchev–Trinajstić information content (AvgIpc) is 2.83. The number of halogens is 1. The standard InChI is InChI=1S/C11H17BrN4O2S/c1-11(2,3)18-10(17)13-7-4-5-16(6-7)9-15-14-8(12)19-9/h7H,4-6H2,1-3H3,(H,13,17)/t7-/m1/s1. The van der Waals surface area contributed by atoms with E-state index < -0.39 is 5.60 Å². The minimum atomic E-state index is -0.466. The molecular weight excluding hydrogens is 332 g/mol. The van der Waals surface area contributed by atoms with Gasteiger partial charge < -0.3 is 15.0 Å². The van der Waals surface area contributed by atoms with Gasteiger partial charge in [0.05, 0.1) is 6.04 Å². The Labute approximate surface area is 124 Å². The molecule has 8 heteroatoms. The largest absolute Gasteiger partial charge is 0.444 e. The molecule has 1 aliphatic heterocycles. The normalized spacial score (nSPS) is 19.6. The number of carbonyl (C=O) groups excluding carboxylic acids is 1. The van der Waals surface area contributed by atoms with E-state index in [1.165, 1.54) is 11.3 Å². The molecule has 0 bridgehead atoms. The fourth-order valence-corrected chi connectivity index (χ4v) is 2.97. The highest BCUT2D eigenvalue weighted by Crippen LogP contribution is 2.27. The average molecular weight is 349 g/mol. The Balaban J connectivity index is 1.84. The van der Waals surface area contributed by atoms with Crippen LogP contribution in [0.3, 0.4) is 0 Å². The molecule has 1 fully saturated rings. The van der Waals surface area contributed by atoms with Crippen LogP contribution in [0.2, 0.25) is 0 Å². The minimum Gasteiger partial charge on any atom is -0.444 e. The number of amides is 1. The second-order valence-corrected chi connectivity index (χ2v) is 7.65. The molecule has 0 radical (unpaired) electrons. The molecule has 0 unspecified atom stereocenters. The molecule has 6 nitrogen and oxygen atoms in total. The number of alkyl carbamates (subject to hydrolysis) is 1. The molecule has 1 amide bonds. The molecule has 19 heavy (non-hydrogen) atoms. The number of carbonyl (C=O) groups is 1. The number of nitrogens with zero attached hydrogens (tertiary/aromatic N) is 3. The van der Waals surface area contributed by atoms with E-state index in [2.05, 4.69) is 36.3 Å². The van der Waals surface area contributed by atoms with Gasteiger partial charge in [0.15, 0.2) is 3.92 Å². The van der Waals surface area contributed by atoms with Gasteiger partial charge in [-0.05, 0) is 43.1 Å². The lowest BCUT2D eigenvalue weighted by Gasteiger charge is -2.21. The van der Waals surface area contributed by atoms with Crippen molar-refractivity contribution < 1.29 is 9.53 Å². The lowest BCUT2D eigenvalue weighted by Crippen LogP contribution is -2.40. The Bertz CT molecular complexity index is 460. The van der Waals surface area contributed by atoms with E-state index >= 15 is 0 Å². The molecule has 1 N–H and O–H groups in total. The van der Waals surface area contributed by atoms with Crippen molar-refractivity contribution in [2.24, 2.45) is 0 Å². The van der Waals surface area contributed by atoms with Crippen molar-refractivity contribution in [3.8, 4) is 0 Å². The van der Waals surface area contributed by atoms with Crippen LogP contribution in [0.15, 0.2) is 3.92 Å². The molecule has 106 valence electrons. The first-order valence-electron chi connectivity index (χ1n) is 6.07. The fraction of sp³-hybridized carbons (Fsp3) is 0.727. The van der Waals surface area contributed by atoms with Gasteiger partial charge in [-0.2, -0.15) is 0 Å². The third-order valence-electron chi connectivity index (χ3n) is 2.57. The Hall–Kier alpha value is -0.890. The summed E-state index contributed by atoms with van der Waals surface area (Å²) >= 11 is 4.79. The number of rotatable bonds is 2. The molecule has 0 aliphatic carbocycles. The van der Waals surface area contributed by atoms with Crippen molar-refractivity contribution in [2.45, 2.75) is 38.8 Å². The zero-order chi connectivity index (χ0) is 14.0. The van der Waals surface area contributed by atoms with Crippen LogP contribution in [-0.4, -0.2) is 41.0 Å². The number of nitrogens with one attached hydrogen (secondary N) is 1. The smallest absolute Gasteiger partial charge is 0.407 e. The van der Waals surface area contributed by atoms with Gasteiger partial charge in [-0.15, -0.1) is 10.2 Å². The molecule has 2 rings (SSSR count). The summed E-state index contributed by atoms with van der Waals surface area (Å²) in [5.74, 6) is 0. The van der Waals surface area contributed by atoms with Crippen LogP contribution in [0.1, 0.15) is 27.2 Å². The van der Waals surface area contributed by atoms with E-state index in [1.807, 2.05) is 20.8 Å². The van der Waals surface area contributed by atoms with Crippen LogP contribution in [0, 0.1) is 0 Å². The van der Waals surface area contributed by atoms with Gasteiger partial charge >= 0.3 is 6.09 Å². The Kier molecular flexibility index (Phi) is 4.29. The molecule has 0 spiro atoms. The van der Waals surface area contributed by atoms with Crippen molar-refractivity contribution in [1.82, 2.24) is 15.5 Å². The summed E-state index contributed by atoms with van der Waals surface area (Å²) in [6.07, 6.45) is 0.522. The van der Waals surface area contributed by atoms with E-state index in [-0.39, 0.29) is 12.1 Å². The van der Waals surface area contributed by atoms with E-state index in [4.69, 9.17) is 4.74 Å². The summed E-state index contributed by atoms with van der Waals surface area (Å²) in [5.41, 5.74) is -0.466. The quantitative estimate of drug-likeness (QED) is 0.888. The topological polar surface area (TPSA) is 67.3 Å². The summed E-state index contributed by atoms with van der Waals surface area (Å²) in [6, 6.07) is 0.0949. The maximum Gasteiger partial charge on any atom is 0.407 e. The van der Waals surface area contributed by atoms with E-state index in [1.54, 1.807) is 0 Å². The van der Waals surface area contributed by atoms with Crippen LogP contribution in [0.5, 0.6) is 0 Å². The van der Waals surface area contributed by atoms with Crippen LogP contribution in [-0.2, 0) is 4.74 Å². The number of hydrogen-bond acceptors (Lipinski definition) is 6. The van der Waals surface area contributed by atoms with Crippen molar-refractivity contribution in [2.75, 3.05) is 18.0 Å². The minimum absolute atomic E-state index is 0.0949. The number of hydrogen-bond donors (Lipinski definition) is 1. The summed E-state index contributed by atoms with van der Waals surface area (Å²) in [7, 11) is 0. The van der Waals surface area contributed by atoms with Crippen molar-refractivity contribution >= 4 is 38.5 Å². The lowest BCUT2D eigenvalue weighted by molar-refractivity contribution is 0.0509. The van der Waals surface area contributed by atoms with Crippen molar-refractivity contribution in [3.63, 3.8) is 0 Å². The predicted molar refractivity (Wildman–Crippen MR) is 77.6 cm³/mol. The summed E-state index contributed by atoms with van der Waals surface area (Å²) < 4.78 is 6.01. The van der Waals surface area contributed by atoms with Gasteiger partial charge in [0.25, 0.3) is 0 Å². The molecule has 1 aliphatic rings. The number of aromatic nitrogens is 2. The highest BCUT2D eigenvalue weighted by Gasteiger charge is 2.27. The highest BCUT2D eigenvalue weighted by molar-refractivity contribution is 9.11. The first kappa shape index (κ1) is 14.5. The van der Waals surface area contributed by atoms with Crippen LogP contribution in [0.4, 0.5) is 9.93 Å². The van der Waals surface area contributed by atoms with Gasteiger partial charge in [-0.1, -0.05) is 11.3 Å². The fourth-order valence-electron chi connectivity index (χ4n) is 1.85. The third kappa shape index (κ3) is 4.31. The molecule has 1 aromatic heterocycles. The predicted octanol–water partition coefficient (Wildman–Crippen LogP) is 2.40. The SMILES string of the molecule is CC(C)(C)OC(=O)N[C@@H]1CCN(c2nnc(Br)s2)C1. The molecule has 1 aromatic rings. The monoisotopic (exact) mass is 348 g/mol. The van der Waals surface area contributed by atoms with Crippen molar-refractivity contribution in [1.29, 1.82) is 0 Å². The van der Waals surface area contributed by atoms with Gasteiger partial charge in [-0.3, -0.25) is 0 Å². The maximum absolute atomic E-state index is 11.7. The summed E-state index contributed by atoms with van der Waals surface area (Å²) in [5, 5.41) is 11.8. The first-order valence-corrected chi connectivity index (χ1v) is 7.68. The molecule has 0 aromatic carbocycles. The number of anilines is 1. The molecule has 0 saturated carbocycles. The highest BCUT2D eigenvalue weighted by atomic mass is 79.9. The maximum atomic E-state index is 11.7. The molecule has 1 atom stereocenters. The van der Waals surface area contributed by atoms with Gasteiger partial charge in [-0.25, -0.2) is 4.79 Å². The zero-order valence-electron chi connectivity index (χ0n) is 11.1. The second kappa shape index (κ2) is 5.62. The molecule has 2 heterocycles. The summed E-state index contributed by atoms with van der Waals surface area (Å²) in [6.45, 7) is 7.16. The van der Waals surface area contributed by atoms with Crippen LogP contribution < -0.4 is 10.2 Å². The van der Waals surface area contributed by atoms with Gasteiger partial charge in [0, 0.05) is 13.1 Å². The molecular formula is C11H17BrN4O2S. The van der Waals surface area contributed by atoms with E-state index in [0.29, 0.717) is 0 Å². The Morgan fingerprint density at radius 3 is 2.84 bits per heavy atom. The Morgan fingerprint density at radius 2 is 2.26 bits per heavy atom. The molecule has 1 saturated heterocycles. The van der Waals surface area contributed by atoms with Gasteiger partial charge in [0.2, 0.25) is 5.13 Å². The summed E-state index contributed by atoms with van der Waals surface area (Å²) in [4.78, 5) is 13.8. The van der Waals surface area contributed by atoms with Crippen molar-refractivity contribution in [3.05, 3.63) is 3.92 Å². The zero-order valence-corrected chi connectivity index (χ0v) is 13.5. The third-order valence-corrected chi connectivity index (χ3v) is 3.99. The number of ether oxygens (including phenoxy) is 1. The van der Waals surface area contributed by atoms with E-state index in [9.17, 15) is 4.79 Å². The Morgan fingerprint density at radius 1 is 1.53 bits per heavy atom. The van der Waals surface area contributed by atoms with E-state index in [0.717, 1.165) is 28.6 Å². The second-order valence-electron chi connectivity index (χ2n) is 5.42. The first-order chi connectivity index (χ1) is 8.83.